The van der Waals surface area contributed by atoms with Crippen molar-refractivity contribution in [3.05, 3.63) is 34.9 Å². The van der Waals surface area contributed by atoms with Gasteiger partial charge >= 0.3 is 5.97 Å². The molecule has 0 bridgehead atoms. The van der Waals surface area contributed by atoms with E-state index in [1.165, 1.54) is 5.56 Å². The van der Waals surface area contributed by atoms with Gasteiger partial charge in [0.05, 0.1) is 6.54 Å². The summed E-state index contributed by atoms with van der Waals surface area (Å²) >= 11 is 6.01. The van der Waals surface area contributed by atoms with E-state index in [4.69, 9.17) is 16.7 Å². The zero-order valence-corrected chi connectivity index (χ0v) is 13.9. The van der Waals surface area contributed by atoms with Crippen molar-refractivity contribution in [1.82, 2.24) is 9.80 Å². The van der Waals surface area contributed by atoms with Crippen LogP contribution in [0.5, 0.6) is 0 Å². The molecule has 2 rings (SSSR count). The highest BCUT2D eigenvalue weighted by atomic mass is 35.5. The Balaban J connectivity index is 1.76. The third-order valence-corrected chi connectivity index (χ3v) is 4.66. The molecule has 0 aromatic heterocycles. The maximum Gasteiger partial charge on any atom is 0.317 e. The molecule has 0 amide bonds. The number of halogens is 1. The molecule has 0 saturated carbocycles. The fourth-order valence-corrected chi connectivity index (χ4v) is 3.37. The summed E-state index contributed by atoms with van der Waals surface area (Å²) in [6.45, 7) is 6.12. The van der Waals surface area contributed by atoms with Gasteiger partial charge in [-0.1, -0.05) is 30.7 Å². The lowest BCUT2D eigenvalue weighted by atomic mass is 10.0. The Hall–Kier alpha value is -1.10. The van der Waals surface area contributed by atoms with E-state index in [9.17, 15) is 4.79 Å². The maximum absolute atomic E-state index is 10.9. The van der Waals surface area contributed by atoms with Crippen LogP contribution < -0.4 is 0 Å². The highest BCUT2D eigenvalue weighted by Crippen LogP contribution is 2.17. The van der Waals surface area contributed by atoms with Crippen molar-refractivity contribution >= 4 is 17.6 Å². The van der Waals surface area contributed by atoms with Crippen LogP contribution >= 0.6 is 11.6 Å². The Morgan fingerprint density at radius 2 is 2.14 bits per heavy atom. The average Bonchev–Trinajstić information content (AvgIpc) is 2.51. The van der Waals surface area contributed by atoms with Crippen molar-refractivity contribution in [2.75, 3.05) is 32.7 Å². The molecular weight excluding hydrogens is 300 g/mol. The maximum atomic E-state index is 10.9. The molecule has 1 aromatic carbocycles. The number of carbonyl (C=O) groups is 1. The van der Waals surface area contributed by atoms with Crippen LogP contribution in [-0.2, 0) is 11.2 Å². The monoisotopic (exact) mass is 324 g/mol. The van der Waals surface area contributed by atoms with Gasteiger partial charge in [0.2, 0.25) is 0 Å². The van der Waals surface area contributed by atoms with Crippen LogP contribution in [0.3, 0.4) is 0 Å². The lowest BCUT2D eigenvalue weighted by Gasteiger charge is -2.37. The van der Waals surface area contributed by atoms with Gasteiger partial charge in [-0.3, -0.25) is 9.69 Å². The van der Waals surface area contributed by atoms with Gasteiger partial charge in [-0.25, -0.2) is 0 Å². The molecule has 22 heavy (non-hydrogen) atoms. The first-order valence-corrected chi connectivity index (χ1v) is 8.39. The van der Waals surface area contributed by atoms with Crippen molar-refractivity contribution in [2.45, 2.75) is 32.2 Å². The summed E-state index contributed by atoms with van der Waals surface area (Å²) in [6, 6.07) is 8.45. The van der Waals surface area contributed by atoms with Crippen LogP contribution in [0.2, 0.25) is 5.02 Å². The number of carboxylic acids is 1. The van der Waals surface area contributed by atoms with Gasteiger partial charge in [-0.05, 0) is 56.6 Å². The molecule has 1 N–H and O–H groups in total. The van der Waals surface area contributed by atoms with Gasteiger partial charge in [0, 0.05) is 17.6 Å². The first kappa shape index (κ1) is 17.3. The minimum atomic E-state index is -0.731. The predicted octanol–water partition coefficient (Wildman–Crippen LogP) is 2.75. The van der Waals surface area contributed by atoms with Crippen LogP contribution in [0.4, 0.5) is 0 Å². The standard InChI is InChI=1S/C17H25ClN2O2/c1-2-20(13-17(21)22)16-7-10-19(11-8-16)9-6-14-4-3-5-15(18)12-14/h3-5,12,16H,2,6-11,13H2,1H3,(H,21,22). The lowest BCUT2D eigenvalue weighted by molar-refractivity contribution is -0.139. The van der Waals surface area contributed by atoms with Gasteiger partial charge in [0.1, 0.15) is 0 Å². The minimum absolute atomic E-state index is 0.156. The molecule has 0 aliphatic carbocycles. The van der Waals surface area contributed by atoms with Gasteiger partial charge in [-0.15, -0.1) is 0 Å². The minimum Gasteiger partial charge on any atom is -0.480 e. The molecule has 1 aromatic rings. The number of hydrogen-bond donors (Lipinski definition) is 1. The summed E-state index contributed by atoms with van der Waals surface area (Å²) in [7, 11) is 0. The number of likely N-dealkylation sites (tertiary alicyclic amines) is 1. The molecule has 4 nitrogen and oxygen atoms in total. The predicted molar refractivity (Wildman–Crippen MR) is 89.5 cm³/mol. The second-order valence-corrected chi connectivity index (χ2v) is 6.35. The van der Waals surface area contributed by atoms with Gasteiger partial charge < -0.3 is 10.0 Å². The third-order valence-electron chi connectivity index (χ3n) is 4.42. The third kappa shape index (κ3) is 5.27. The van der Waals surface area contributed by atoms with E-state index in [1.54, 1.807) is 0 Å². The second kappa shape index (κ2) is 8.51. The molecular formula is C17H25ClN2O2. The smallest absolute Gasteiger partial charge is 0.317 e. The Labute approximate surface area is 137 Å². The van der Waals surface area contributed by atoms with Crippen LogP contribution in [0, 0.1) is 0 Å². The van der Waals surface area contributed by atoms with E-state index >= 15 is 0 Å². The number of rotatable bonds is 7. The second-order valence-electron chi connectivity index (χ2n) is 5.91. The zero-order valence-electron chi connectivity index (χ0n) is 13.2. The van der Waals surface area contributed by atoms with Crippen LogP contribution in [0.25, 0.3) is 0 Å². The summed E-state index contributed by atoms with van der Waals surface area (Å²) in [5.41, 5.74) is 1.27. The molecule has 5 heteroatoms. The molecule has 1 aliphatic heterocycles. The largest absolute Gasteiger partial charge is 0.480 e. The van der Waals surface area contributed by atoms with Crippen LogP contribution in [-0.4, -0.2) is 59.6 Å². The Kier molecular flexibility index (Phi) is 6.68. The van der Waals surface area contributed by atoms with Gasteiger partial charge in [0.15, 0.2) is 0 Å². The first-order valence-electron chi connectivity index (χ1n) is 8.01. The van der Waals surface area contributed by atoms with Crippen molar-refractivity contribution in [3.63, 3.8) is 0 Å². The fourth-order valence-electron chi connectivity index (χ4n) is 3.16. The number of carboxylic acid groups (broad SMARTS) is 1. The fraction of sp³-hybridized carbons (Fsp3) is 0.588. The van der Waals surface area contributed by atoms with E-state index in [0.29, 0.717) is 6.04 Å². The lowest BCUT2D eigenvalue weighted by Crippen LogP contribution is -2.46. The number of likely N-dealkylation sites (N-methyl/N-ethyl adjacent to an activating group) is 1. The average molecular weight is 325 g/mol. The number of benzene rings is 1. The Morgan fingerprint density at radius 1 is 1.41 bits per heavy atom. The highest BCUT2D eigenvalue weighted by molar-refractivity contribution is 6.30. The Bertz CT molecular complexity index is 487. The molecule has 0 spiro atoms. The molecule has 0 atom stereocenters. The van der Waals surface area contributed by atoms with Crippen molar-refractivity contribution in [1.29, 1.82) is 0 Å². The van der Waals surface area contributed by atoms with Gasteiger partial charge in [0.25, 0.3) is 0 Å². The number of nitrogens with zero attached hydrogens (tertiary/aromatic N) is 2. The SMILES string of the molecule is CCN(CC(=O)O)C1CCN(CCc2cccc(Cl)c2)CC1. The van der Waals surface area contributed by atoms with Crippen LogP contribution in [0.15, 0.2) is 24.3 Å². The van der Waals surface area contributed by atoms with E-state index in [-0.39, 0.29) is 6.54 Å². The van der Waals surface area contributed by atoms with E-state index < -0.39 is 5.97 Å². The molecule has 1 fully saturated rings. The first-order chi connectivity index (χ1) is 10.6. The zero-order chi connectivity index (χ0) is 15.9. The number of aliphatic carboxylic acids is 1. The highest BCUT2D eigenvalue weighted by Gasteiger charge is 2.24. The molecule has 0 unspecified atom stereocenters. The molecule has 0 radical (unpaired) electrons. The quantitative estimate of drug-likeness (QED) is 0.837. The summed E-state index contributed by atoms with van der Waals surface area (Å²) in [5.74, 6) is -0.731. The molecule has 1 aliphatic rings. The van der Waals surface area contributed by atoms with Gasteiger partial charge in [-0.2, -0.15) is 0 Å². The van der Waals surface area contributed by atoms with Crippen molar-refractivity contribution < 1.29 is 9.90 Å². The normalized spacial score (nSPS) is 17.0. The molecule has 1 saturated heterocycles. The summed E-state index contributed by atoms with van der Waals surface area (Å²) in [5, 5.41) is 9.76. The van der Waals surface area contributed by atoms with Crippen molar-refractivity contribution in [2.24, 2.45) is 0 Å². The Morgan fingerprint density at radius 3 is 2.73 bits per heavy atom. The molecule has 1 heterocycles. The summed E-state index contributed by atoms with van der Waals surface area (Å²) in [6.07, 6.45) is 3.12. The number of hydrogen-bond acceptors (Lipinski definition) is 3. The number of piperidine rings is 1. The van der Waals surface area contributed by atoms with E-state index in [1.807, 2.05) is 25.1 Å². The van der Waals surface area contributed by atoms with E-state index in [2.05, 4.69) is 15.9 Å². The summed E-state index contributed by atoms with van der Waals surface area (Å²) in [4.78, 5) is 15.4. The summed E-state index contributed by atoms with van der Waals surface area (Å²) < 4.78 is 0. The van der Waals surface area contributed by atoms with Crippen LogP contribution in [0.1, 0.15) is 25.3 Å². The van der Waals surface area contributed by atoms with E-state index in [0.717, 1.165) is 50.5 Å². The molecule has 122 valence electrons. The topological polar surface area (TPSA) is 43.8 Å². The van der Waals surface area contributed by atoms with Crippen molar-refractivity contribution in [3.8, 4) is 0 Å².